The van der Waals surface area contributed by atoms with Gasteiger partial charge in [0.15, 0.2) is 5.82 Å². The lowest BCUT2D eigenvalue weighted by Crippen LogP contribution is -2.41. The van der Waals surface area contributed by atoms with Gasteiger partial charge >= 0.3 is 12.2 Å². The second kappa shape index (κ2) is 9.31. The van der Waals surface area contributed by atoms with Crippen LogP contribution in [-0.4, -0.2) is 60.3 Å². The molecule has 2 N–H and O–H groups in total. The number of thiazole rings is 1. The number of benzene rings is 1. The molecular formula is C19H22ClFN4O6S2. The number of carbonyl (C=O) groups excluding carboxylic acids is 1. The molecule has 1 fully saturated rings. The van der Waals surface area contributed by atoms with Gasteiger partial charge in [0.25, 0.3) is 10.0 Å². The number of aromatic nitrogens is 1. The van der Waals surface area contributed by atoms with Gasteiger partial charge in [-0.05, 0) is 39.3 Å². The molecule has 0 saturated carbocycles. The summed E-state index contributed by atoms with van der Waals surface area (Å²) >= 11 is 7.40. The summed E-state index contributed by atoms with van der Waals surface area (Å²) in [6.07, 6.45) is -1.90. The molecule has 14 heteroatoms. The van der Waals surface area contributed by atoms with Crippen LogP contribution in [0.2, 0.25) is 5.02 Å². The summed E-state index contributed by atoms with van der Waals surface area (Å²) in [5.41, 5.74) is 0.268. The maximum atomic E-state index is 14.5. The van der Waals surface area contributed by atoms with Gasteiger partial charge in [0.2, 0.25) is 0 Å². The lowest BCUT2D eigenvalue weighted by Gasteiger charge is -2.26. The Morgan fingerprint density at radius 1 is 1.39 bits per heavy atom. The fraction of sp³-hybridized carbons (Fsp3) is 0.421. The van der Waals surface area contributed by atoms with Crippen LogP contribution in [-0.2, 0) is 14.8 Å². The van der Waals surface area contributed by atoms with Crippen molar-refractivity contribution in [2.24, 2.45) is 0 Å². The first-order valence-electron chi connectivity index (χ1n) is 9.69. The van der Waals surface area contributed by atoms with E-state index in [0.717, 1.165) is 17.4 Å². The van der Waals surface area contributed by atoms with E-state index in [9.17, 15) is 22.4 Å². The SMILES string of the molecule is CC(C)(C)OC(=O)N(c1cscn1)S(=O)(=O)c1cc(F)cc(N[C@H]2CCN(C(=O)O)C2)c1Cl. The molecule has 1 aliphatic heterocycles. The maximum absolute atomic E-state index is 14.5. The second-order valence-corrected chi connectivity index (χ2v) is 11.1. The largest absolute Gasteiger partial charge is 0.465 e. The molecule has 33 heavy (non-hydrogen) atoms. The number of likely N-dealkylation sites (tertiary alicyclic amines) is 1. The third kappa shape index (κ3) is 5.65. The molecule has 0 radical (unpaired) electrons. The van der Waals surface area contributed by atoms with E-state index in [0.29, 0.717) is 16.8 Å². The van der Waals surface area contributed by atoms with Crippen molar-refractivity contribution in [3.05, 3.63) is 33.9 Å². The number of rotatable bonds is 5. The smallest absolute Gasteiger partial charge is 0.430 e. The zero-order chi connectivity index (χ0) is 24.6. The van der Waals surface area contributed by atoms with E-state index in [2.05, 4.69) is 10.3 Å². The molecule has 0 spiro atoms. The Morgan fingerprint density at radius 3 is 2.64 bits per heavy atom. The summed E-state index contributed by atoms with van der Waals surface area (Å²) in [5.74, 6) is -1.15. The van der Waals surface area contributed by atoms with Gasteiger partial charge in [0, 0.05) is 24.5 Å². The molecule has 0 unspecified atom stereocenters. The highest BCUT2D eigenvalue weighted by Crippen LogP contribution is 2.36. The minimum atomic E-state index is -4.74. The number of sulfonamides is 1. The van der Waals surface area contributed by atoms with Crippen molar-refractivity contribution >= 4 is 56.7 Å². The maximum Gasteiger partial charge on any atom is 0.430 e. The first kappa shape index (κ1) is 25.0. The molecule has 1 saturated heterocycles. The fourth-order valence-electron chi connectivity index (χ4n) is 3.15. The van der Waals surface area contributed by atoms with Crippen LogP contribution in [0.25, 0.3) is 0 Å². The lowest BCUT2D eigenvalue weighted by molar-refractivity contribution is 0.0608. The third-order valence-corrected chi connectivity index (χ3v) is 7.32. The van der Waals surface area contributed by atoms with Crippen molar-refractivity contribution in [1.82, 2.24) is 9.88 Å². The topological polar surface area (TPSA) is 129 Å². The van der Waals surface area contributed by atoms with Gasteiger partial charge in [-0.1, -0.05) is 11.6 Å². The van der Waals surface area contributed by atoms with Crippen LogP contribution in [0.4, 0.5) is 25.5 Å². The van der Waals surface area contributed by atoms with Crippen molar-refractivity contribution in [2.75, 3.05) is 22.7 Å². The van der Waals surface area contributed by atoms with E-state index in [1.807, 2.05) is 0 Å². The Morgan fingerprint density at radius 2 is 2.09 bits per heavy atom. The number of carboxylic acid groups (broad SMARTS) is 1. The molecule has 2 amide bonds. The van der Waals surface area contributed by atoms with Crippen molar-refractivity contribution in [1.29, 1.82) is 0 Å². The standard InChI is InChI=1S/C19H22ClFN4O6S2/c1-19(2,3)31-18(28)25(15-9-32-10-22-15)33(29,30)14-7-11(21)6-13(16(14)20)23-12-4-5-24(8-12)17(26)27/h6-7,9-10,12,23H,4-5,8H2,1-3H3,(H,26,27)/t12-/m0/s1. The number of ether oxygens (including phenoxy) is 1. The molecule has 1 aromatic carbocycles. The Bertz CT molecular complexity index is 1150. The number of nitrogens with zero attached hydrogens (tertiary/aromatic N) is 3. The summed E-state index contributed by atoms with van der Waals surface area (Å²) in [6.45, 7) is 5.08. The van der Waals surface area contributed by atoms with Crippen LogP contribution < -0.4 is 9.62 Å². The van der Waals surface area contributed by atoms with Crippen molar-refractivity contribution < 1.29 is 32.2 Å². The van der Waals surface area contributed by atoms with Gasteiger partial charge in [-0.15, -0.1) is 15.6 Å². The average Bonchev–Trinajstić information content (AvgIpc) is 3.35. The third-order valence-electron chi connectivity index (χ3n) is 4.53. The zero-order valence-electron chi connectivity index (χ0n) is 17.9. The molecule has 2 heterocycles. The van der Waals surface area contributed by atoms with E-state index in [1.165, 1.54) is 15.8 Å². The Balaban J connectivity index is 2.01. The summed E-state index contributed by atoms with van der Waals surface area (Å²) in [7, 11) is -4.74. The number of hydrogen-bond donors (Lipinski definition) is 2. The molecule has 1 aliphatic rings. The minimum Gasteiger partial charge on any atom is -0.465 e. The molecule has 1 aromatic heterocycles. The second-order valence-electron chi connectivity index (χ2n) is 8.22. The monoisotopic (exact) mass is 520 g/mol. The molecule has 1 atom stereocenters. The molecule has 180 valence electrons. The van der Waals surface area contributed by atoms with Crippen LogP contribution in [0.3, 0.4) is 0 Å². The van der Waals surface area contributed by atoms with Crippen LogP contribution in [0, 0.1) is 5.82 Å². The molecule has 2 aromatic rings. The van der Waals surface area contributed by atoms with Crippen molar-refractivity contribution in [2.45, 2.75) is 43.7 Å². The molecule has 0 aliphatic carbocycles. The van der Waals surface area contributed by atoms with Gasteiger partial charge < -0.3 is 20.1 Å². The van der Waals surface area contributed by atoms with E-state index >= 15 is 0 Å². The predicted molar refractivity (Wildman–Crippen MR) is 121 cm³/mol. The molecule has 0 bridgehead atoms. The number of hydrogen-bond acceptors (Lipinski definition) is 8. The summed E-state index contributed by atoms with van der Waals surface area (Å²) in [4.78, 5) is 28.3. The van der Waals surface area contributed by atoms with Crippen LogP contribution in [0.5, 0.6) is 0 Å². The Kier molecular flexibility index (Phi) is 7.05. The summed E-state index contributed by atoms with van der Waals surface area (Å²) in [6, 6.07) is 1.30. The van der Waals surface area contributed by atoms with Gasteiger partial charge in [0.05, 0.1) is 16.2 Å². The number of amides is 2. The predicted octanol–water partition coefficient (Wildman–Crippen LogP) is 4.23. The number of carbonyl (C=O) groups is 2. The summed E-state index contributed by atoms with van der Waals surface area (Å²) < 4.78 is 47.0. The fourth-order valence-corrected chi connectivity index (χ4v) is 5.57. The molecule has 10 nitrogen and oxygen atoms in total. The lowest BCUT2D eigenvalue weighted by atomic mass is 10.2. The van der Waals surface area contributed by atoms with Crippen LogP contribution >= 0.6 is 22.9 Å². The van der Waals surface area contributed by atoms with Gasteiger partial charge in [-0.3, -0.25) is 0 Å². The highest BCUT2D eigenvalue weighted by atomic mass is 35.5. The summed E-state index contributed by atoms with van der Waals surface area (Å²) in [5, 5.41) is 13.0. The van der Waals surface area contributed by atoms with Crippen molar-refractivity contribution in [3.8, 4) is 0 Å². The highest BCUT2D eigenvalue weighted by molar-refractivity contribution is 7.93. The Hall–Kier alpha value is -2.64. The van der Waals surface area contributed by atoms with E-state index in [4.69, 9.17) is 21.4 Å². The number of halogens is 2. The van der Waals surface area contributed by atoms with Gasteiger partial charge in [-0.25, -0.2) is 27.4 Å². The van der Waals surface area contributed by atoms with Gasteiger partial charge in [0.1, 0.15) is 16.3 Å². The first-order chi connectivity index (χ1) is 15.3. The average molecular weight is 521 g/mol. The van der Waals surface area contributed by atoms with E-state index in [1.54, 1.807) is 20.8 Å². The van der Waals surface area contributed by atoms with Gasteiger partial charge in [-0.2, -0.15) is 0 Å². The Labute approximate surface area is 199 Å². The van der Waals surface area contributed by atoms with E-state index in [-0.39, 0.29) is 29.6 Å². The quantitative estimate of drug-likeness (QED) is 0.599. The number of nitrogens with one attached hydrogen (secondary N) is 1. The van der Waals surface area contributed by atoms with Crippen molar-refractivity contribution in [3.63, 3.8) is 0 Å². The highest BCUT2D eigenvalue weighted by Gasteiger charge is 2.38. The minimum absolute atomic E-state index is 0.0464. The van der Waals surface area contributed by atoms with E-state index < -0.39 is 44.6 Å². The molecule has 3 rings (SSSR count). The zero-order valence-corrected chi connectivity index (χ0v) is 20.3. The first-order valence-corrected chi connectivity index (χ1v) is 12.5. The number of anilines is 2. The normalized spacial score (nSPS) is 16.5. The molecular weight excluding hydrogens is 499 g/mol. The van der Waals surface area contributed by atoms with Crippen LogP contribution in [0.1, 0.15) is 27.2 Å². The van der Waals surface area contributed by atoms with Crippen LogP contribution in [0.15, 0.2) is 27.9 Å².